The topological polar surface area (TPSA) is 61.6 Å². The van der Waals surface area contributed by atoms with Gasteiger partial charge in [0, 0.05) is 30.5 Å². The Morgan fingerprint density at radius 1 is 1.43 bits per heavy atom. The van der Waals surface area contributed by atoms with Gasteiger partial charge in [-0.15, -0.1) is 0 Å². The molecule has 1 fully saturated rings. The number of likely N-dealkylation sites (N-methyl/N-ethyl adjacent to an activating group) is 1. The fraction of sp³-hybridized carbons (Fsp3) is 0.562. The maximum Gasteiger partial charge on any atom is 0.238 e. The molecule has 1 heterocycles. The number of rotatable bonds is 4. The van der Waals surface area contributed by atoms with Crippen LogP contribution in [0.15, 0.2) is 18.2 Å². The molecule has 116 valence electrons. The summed E-state index contributed by atoms with van der Waals surface area (Å²) in [7, 11) is 4.20. The van der Waals surface area contributed by atoms with E-state index in [2.05, 4.69) is 36.1 Å². The van der Waals surface area contributed by atoms with Crippen LogP contribution in [0.4, 0.5) is 11.4 Å². The third-order valence-corrected chi connectivity index (χ3v) is 4.33. The normalized spacial score (nSPS) is 22.7. The molecule has 0 radical (unpaired) electrons. The van der Waals surface area contributed by atoms with Crippen molar-refractivity contribution in [1.82, 2.24) is 9.80 Å². The molecule has 1 saturated heterocycles. The van der Waals surface area contributed by atoms with Crippen LogP contribution in [0, 0.1) is 12.8 Å². The number of hydrogen-bond acceptors (Lipinski definition) is 4. The quantitative estimate of drug-likeness (QED) is 0.823. The molecule has 2 atom stereocenters. The molecule has 3 N–H and O–H groups in total. The van der Waals surface area contributed by atoms with Gasteiger partial charge in [0.25, 0.3) is 0 Å². The lowest BCUT2D eigenvalue weighted by Crippen LogP contribution is -2.36. The minimum atomic E-state index is 0.0234. The van der Waals surface area contributed by atoms with Gasteiger partial charge in [-0.25, -0.2) is 0 Å². The third kappa shape index (κ3) is 3.74. The van der Waals surface area contributed by atoms with Crippen molar-refractivity contribution >= 4 is 17.3 Å². The van der Waals surface area contributed by atoms with Crippen molar-refractivity contribution in [3.63, 3.8) is 0 Å². The average Bonchev–Trinajstić information content (AvgIpc) is 2.76. The van der Waals surface area contributed by atoms with Crippen LogP contribution in [-0.2, 0) is 4.79 Å². The summed E-state index contributed by atoms with van der Waals surface area (Å²) in [6.07, 6.45) is 0. The molecule has 5 heteroatoms. The highest BCUT2D eigenvalue weighted by atomic mass is 16.2. The minimum Gasteiger partial charge on any atom is -0.398 e. The number of amides is 1. The van der Waals surface area contributed by atoms with E-state index in [1.54, 1.807) is 0 Å². The molecule has 1 aliphatic rings. The van der Waals surface area contributed by atoms with Crippen LogP contribution in [0.1, 0.15) is 12.5 Å². The van der Waals surface area contributed by atoms with E-state index in [1.165, 1.54) is 0 Å². The fourth-order valence-corrected chi connectivity index (χ4v) is 3.03. The van der Waals surface area contributed by atoms with Crippen LogP contribution in [0.3, 0.4) is 0 Å². The molecule has 1 aliphatic heterocycles. The Morgan fingerprint density at radius 3 is 2.76 bits per heavy atom. The highest BCUT2D eigenvalue weighted by Gasteiger charge is 2.31. The van der Waals surface area contributed by atoms with E-state index >= 15 is 0 Å². The summed E-state index contributed by atoms with van der Waals surface area (Å²) in [5, 5.41) is 2.96. The number of carbonyl (C=O) groups excluding carboxylic acids is 1. The molecule has 2 rings (SSSR count). The number of hydrogen-bond donors (Lipinski definition) is 2. The second kappa shape index (κ2) is 6.45. The number of likely N-dealkylation sites (tertiary alicyclic amines) is 1. The molecule has 0 saturated carbocycles. The van der Waals surface area contributed by atoms with Gasteiger partial charge in [0.1, 0.15) is 0 Å². The van der Waals surface area contributed by atoms with Crippen molar-refractivity contribution in [2.45, 2.75) is 19.9 Å². The van der Waals surface area contributed by atoms with Gasteiger partial charge >= 0.3 is 0 Å². The van der Waals surface area contributed by atoms with Crippen molar-refractivity contribution < 1.29 is 4.79 Å². The van der Waals surface area contributed by atoms with Crippen LogP contribution in [0.2, 0.25) is 0 Å². The maximum absolute atomic E-state index is 12.2. The summed E-state index contributed by atoms with van der Waals surface area (Å²) in [6, 6.07) is 6.11. The first-order chi connectivity index (χ1) is 9.88. The summed E-state index contributed by atoms with van der Waals surface area (Å²) in [5.74, 6) is 0.609. The van der Waals surface area contributed by atoms with Crippen LogP contribution in [0.5, 0.6) is 0 Å². The monoisotopic (exact) mass is 290 g/mol. The summed E-state index contributed by atoms with van der Waals surface area (Å²) in [6.45, 7) is 6.50. The molecule has 5 nitrogen and oxygen atoms in total. The van der Waals surface area contributed by atoms with Gasteiger partial charge in [-0.1, -0.05) is 13.0 Å². The number of nitrogens with one attached hydrogen (secondary N) is 1. The Labute approximate surface area is 127 Å². The second-order valence-electron chi connectivity index (χ2n) is 6.27. The standard InChI is InChI=1S/C16H26N4O/c1-11-8-20(9-15(11)19(3)4)10-16(21)18-14-7-5-6-13(17)12(14)2/h5-7,11,15H,8-10,17H2,1-4H3,(H,18,21). The zero-order chi connectivity index (χ0) is 15.6. The number of nitrogens with two attached hydrogens (primary N) is 1. The number of carbonyl (C=O) groups is 1. The number of anilines is 2. The van der Waals surface area contributed by atoms with Crippen molar-refractivity contribution in [3.8, 4) is 0 Å². The van der Waals surface area contributed by atoms with Gasteiger partial charge in [-0.3, -0.25) is 9.69 Å². The van der Waals surface area contributed by atoms with E-state index in [-0.39, 0.29) is 5.91 Å². The third-order valence-electron chi connectivity index (χ3n) is 4.33. The second-order valence-corrected chi connectivity index (χ2v) is 6.27. The van der Waals surface area contributed by atoms with Gasteiger partial charge in [0.15, 0.2) is 0 Å². The molecule has 1 aromatic rings. The first-order valence-corrected chi connectivity index (χ1v) is 7.42. The lowest BCUT2D eigenvalue weighted by molar-refractivity contribution is -0.117. The zero-order valence-corrected chi connectivity index (χ0v) is 13.4. The predicted octanol–water partition coefficient (Wildman–Crippen LogP) is 1.40. The van der Waals surface area contributed by atoms with Crippen LogP contribution in [-0.4, -0.2) is 55.5 Å². The van der Waals surface area contributed by atoms with Crippen molar-refractivity contribution in [1.29, 1.82) is 0 Å². The summed E-state index contributed by atoms with van der Waals surface area (Å²) >= 11 is 0. The Bertz CT molecular complexity index is 515. The van der Waals surface area contributed by atoms with Crippen molar-refractivity contribution in [2.24, 2.45) is 5.92 Å². The highest BCUT2D eigenvalue weighted by Crippen LogP contribution is 2.22. The molecular weight excluding hydrogens is 264 g/mol. The summed E-state index contributed by atoms with van der Waals surface area (Å²) in [5.41, 5.74) is 8.29. The van der Waals surface area contributed by atoms with E-state index in [4.69, 9.17) is 5.73 Å². The Morgan fingerprint density at radius 2 is 2.14 bits per heavy atom. The maximum atomic E-state index is 12.2. The number of nitrogen functional groups attached to an aromatic ring is 1. The first kappa shape index (κ1) is 15.8. The highest BCUT2D eigenvalue weighted by molar-refractivity contribution is 5.93. The largest absolute Gasteiger partial charge is 0.398 e. The molecule has 0 aromatic heterocycles. The Hall–Kier alpha value is -1.59. The molecule has 0 spiro atoms. The predicted molar refractivity (Wildman–Crippen MR) is 87.3 cm³/mol. The Balaban J connectivity index is 1.92. The van der Waals surface area contributed by atoms with Crippen LogP contribution >= 0.6 is 0 Å². The van der Waals surface area contributed by atoms with Gasteiger partial charge in [0.05, 0.1) is 6.54 Å². The SMILES string of the molecule is Cc1c(N)cccc1NC(=O)CN1CC(C)C(N(C)C)C1. The lowest BCUT2D eigenvalue weighted by atomic mass is 10.1. The van der Waals surface area contributed by atoms with Crippen molar-refractivity contribution in [3.05, 3.63) is 23.8 Å². The summed E-state index contributed by atoms with van der Waals surface area (Å²) < 4.78 is 0. The van der Waals surface area contributed by atoms with E-state index in [1.807, 2.05) is 25.1 Å². The number of benzene rings is 1. The van der Waals surface area contributed by atoms with Gasteiger partial charge in [-0.05, 0) is 44.6 Å². The minimum absolute atomic E-state index is 0.0234. The van der Waals surface area contributed by atoms with Crippen LogP contribution < -0.4 is 11.1 Å². The van der Waals surface area contributed by atoms with Gasteiger partial charge in [0.2, 0.25) is 5.91 Å². The van der Waals surface area contributed by atoms with E-state index < -0.39 is 0 Å². The molecule has 0 bridgehead atoms. The molecule has 0 aliphatic carbocycles. The fourth-order valence-electron chi connectivity index (χ4n) is 3.03. The molecule has 21 heavy (non-hydrogen) atoms. The average molecular weight is 290 g/mol. The van der Waals surface area contributed by atoms with Gasteiger partial charge < -0.3 is 16.0 Å². The smallest absolute Gasteiger partial charge is 0.238 e. The van der Waals surface area contributed by atoms with Crippen molar-refractivity contribution in [2.75, 3.05) is 44.8 Å². The van der Waals surface area contributed by atoms with Gasteiger partial charge in [-0.2, -0.15) is 0 Å². The Kier molecular flexibility index (Phi) is 4.85. The first-order valence-electron chi connectivity index (χ1n) is 7.42. The zero-order valence-electron chi connectivity index (χ0n) is 13.4. The lowest BCUT2D eigenvalue weighted by Gasteiger charge is -2.22. The van der Waals surface area contributed by atoms with E-state index in [0.717, 1.165) is 24.3 Å². The number of nitrogens with zero attached hydrogens (tertiary/aromatic N) is 2. The molecule has 1 aromatic carbocycles. The van der Waals surface area contributed by atoms with E-state index in [0.29, 0.717) is 24.2 Å². The molecule has 1 amide bonds. The molecule has 2 unspecified atom stereocenters. The van der Waals surface area contributed by atoms with E-state index in [9.17, 15) is 4.79 Å². The van der Waals surface area contributed by atoms with Crippen LogP contribution in [0.25, 0.3) is 0 Å². The summed E-state index contributed by atoms with van der Waals surface area (Å²) in [4.78, 5) is 16.7. The molecular formula is C16H26N4O.